The van der Waals surface area contributed by atoms with Gasteiger partial charge in [-0.15, -0.1) is 0 Å². The van der Waals surface area contributed by atoms with E-state index in [1.54, 1.807) is 6.26 Å². The van der Waals surface area contributed by atoms with Gasteiger partial charge in [0.2, 0.25) is 0 Å². The maximum absolute atomic E-state index is 5.36. The van der Waals surface area contributed by atoms with Gasteiger partial charge in [0.1, 0.15) is 11.8 Å². The van der Waals surface area contributed by atoms with Crippen LogP contribution in [-0.2, 0) is 0 Å². The minimum Gasteiger partial charge on any atom is -0.463 e. The van der Waals surface area contributed by atoms with Gasteiger partial charge in [0.05, 0.1) is 12.1 Å². The normalized spacial score (nSPS) is 9.79. The molecule has 2 aromatic rings. The molecule has 1 aromatic heterocycles. The molecule has 0 fully saturated rings. The summed E-state index contributed by atoms with van der Waals surface area (Å²) in [5.41, 5.74) is 1.84. The van der Waals surface area contributed by atoms with Crippen molar-refractivity contribution in [1.82, 2.24) is 5.32 Å². The summed E-state index contributed by atoms with van der Waals surface area (Å²) in [5, 5.41) is 4.05. The molecule has 0 saturated heterocycles. The summed E-state index contributed by atoms with van der Waals surface area (Å²) < 4.78 is 5.36. The van der Waals surface area contributed by atoms with Crippen molar-refractivity contribution in [2.24, 2.45) is 0 Å². The third kappa shape index (κ3) is 1.63. The van der Waals surface area contributed by atoms with Crippen molar-refractivity contribution in [1.29, 1.82) is 0 Å². The number of furan rings is 1. The van der Waals surface area contributed by atoms with E-state index in [1.807, 2.05) is 31.3 Å². The van der Waals surface area contributed by atoms with Crippen LogP contribution in [0.1, 0.15) is 5.56 Å². The Balaban J connectivity index is 2.40. The van der Waals surface area contributed by atoms with E-state index in [4.69, 9.17) is 4.42 Å². The Kier molecular flexibility index (Phi) is 2.53. The van der Waals surface area contributed by atoms with E-state index in [-0.39, 0.29) is 0 Å². The van der Waals surface area contributed by atoms with Crippen LogP contribution in [-0.4, -0.2) is 13.6 Å². The summed E-state index contributed by atoms with van der Waals surface area (Å²) >= 11 is 0. The SMILES string of the molecule is CNCC#Cc1coc2ccccc12. The van der Waals surface area contributed by atoms with E-state index in [0.29, 0.717) is 6.54 Å². The Labute approximate surface area is 82.9 Å². The van der Waals surface area contributed by atoms with Crippen LogP contribution in [0.5, 0.6) is 0 Å². The molecule has 0 saturated carbocycles. The van der Waals surface area contributed by atoms with Crippen molar-refractivity contribution in [2.75, 3.05) is 13.6 Å². The number of nitrogens with one attached hydrogen (secondary N) is 1. The van der Waals surface area contributed by atoms with Gasteiger partial charge in [-0.25, -0.2) is 0 Å². The number of hydrogen-bond donors (Lipinski definition) is 1. The molecule has 0 spiro atoms. The number of para-hydroxylation sites is 1. The van der Waals surface area contributed by atoms with Gasteiger partial charge in [0, 0.05) is 5.39 Å². The van der Waals surface area contributed by atoms with Gasteiger partial charge in [-0.05, 0) is 19.2 Å². The highest BCUT2D eigenvalue weighted by Crippen LogP contribution is 2.19. The van der Waals surface area contributed by atoms with Gasteiger partial charge in [0.25, 0.3) is 0 Å². The predicted molar refractivity (Wildman–Crippen MR) is 57.0 cm³/mol. The molecule has 0 aliphatic rings. The number of rotatable bonds is 1. The van der Waals surface area contributed by atoms with E-state index < -0.39 is 0 Å². The van der Waals surface area contributed by atoms with Crippen molar-refractivity contribution in [2.45, 2.75) is 0 Å². The molecule has 0 aliphatic carbocycles. The minimum atomic E-state index is 0.694. The summed E-state index contributed by atoms with van der Waals surface area (Å²) in [6.45, 7) is 0.694. The highest BCUT2D eigenvalue weighted by atomic mass is 16.3. The van der Waals surface area contributed by atoms with Gasteiger partial charge in [-0.3, -0.25) is 0 Å². The first-order valence-electron chi connectivity index (χ1n) is 4.51. The third-order valence-electron chi connectivity index (χ3n) is 1.97. The lowest BCUT2D eigenvalue weighted by Gasteiger charge is -1.86. The Morgan fingerprint density at radius 3 is 3.07 bits per heavy atom. The first kappa shape index (κ1) is 8.86. The Bertz CT molecular complexity index is 487. The predicted octanol–water partition coefficient (Wildman–Crippen LogP) is 2.00. The number of benzene rings is 1. The second kappa shape index (κ2) is 3.99. The monoisotopic (exact) mass is 185 g/mol. The van der Waals surface area contributed by atoms with E-state index in [9.17, 15) is 0 Å². The molecule has 2 heteroatoms. The van der Waals surface area contributed by atoms with E-state index in [1.165, 1.54) is 0 Å². The maximum Gasteiger partial charge on any atom is 0.135 e. The van der Waals surface area contributed by atoms with Gasteiger partial charge in [-0.2, -0.15) is 0 Å². The average molecular weight is 185 g/mol. The zero-order valence-corrected chi connectivity index (χ0v) is 8.00. The molecule has 0 radical (unpaired) electrons. The summed E-state index contributed by atoms with van der Waals surface area (Å²) in [6.07, 6.45) is 1.70. The Morgan fingerprint density at radius 2 is 2.21 bits per heavy atom. The van der Waals surface area contributed by atoms with Crippen LogP contribution in [0.3, 0.4) is 0 Å². The fraction of sp³-hybridized carbons (Fsp3) is 0.167. The second-order valence-corrected chi connectivity index (χ2v) is 2.98. The lowest BCUT2D eigenvalue weighted by molar-refractivity contribution is 0.615. The molecule has 0 bridgehead atoms. The zero-order chi connectivity index (χ0) is 9.80. The second-order valence-electron chi connectivity index (χ2n) is 2.98. The highest BCUT2D eigenvalue weighted by molar-refractivity contribution is 5.83. The molecule has 0 unspecified atom stereocenters. The third-order valence-corrected chi connectivity index (χ3v) is 1.97. The summed E-state index contributed by atoms with van der Waals surface area (Å²) in [5.74, 6) is 6.07. The Morgan fingerprint density at radius 1 is 1.36 bits per heavy atom. The molecule has 2 nitrogen and oxygen atoms in total. The van der Waals surface area contributed by atoms with Crippen molar-refractivity contribution in [3.05, 3.63) is 36.1 Å². The van der Waals surface area contributed by atoms with E-state index in [2.05, 4.69) is 17.2 Å². The van der Waals surface area contributed by atoms with Gasteiger partial charge in [0.15, 0.2) is 0 Å². The first-order chi connectivity index (χ1) is 6.92. The quantitative estimate of drug-likeness (QED) is 0.687. The summed E-state index contributed by atoms with van der Waals surface area (Å²) in [6, 6.07) is 7.90. The summed E-state index contributed by atoms with van der Waals surface area (Å²) in [7, 11) is 1.88. The number of hydrogen-bond acceptors (Lipinski definition) is 2. The molecule has 0 atom stereocenters. The van der Waals surface area contributed by atoms with Crippen LogP contribution >= 0.6 is 0 Å². The molecule has 0 aliphatic heterocycles. The maximum atomic E-state index is 5.36. The molecule has 14 heavy (non-hydrogen) atoms. The van der Waals surface area contributed by atoms with Crippen molar-refractivity contribution < 1.29 is 4.42 Å². The molecule has 0 amide bonds. The van der Waals surface area contributed by atoms with Gasteiger partial charge < -0.3 is 9.73 Å². The van der Waals surface area contributed by atoms with Crippen LogP contribution in [0.4, 0.5) is 0 Å². The smallest absolute Gasteiger partial charge is 0.135 e. The highest BCUT2D eigenvalue weighted by Gasteiger charge is 2.00. The van der Waals surface area contributed by atoms with Crippen LogP contribution in [0.25, 0.3) is 11.0 Å². The topological polar surface area (TPSA) is 25.2 Å². The molecule has 70 valence electrons. The van der Waals surface area contributed by atoms with Crippen molar-refractivity contribution in [3.8, 4) is 11.8 Å². The fourth-order valence-corrected chi connectivity index (χ4v) is 1.30. The lowest BCUT2D eigenvalue weighted by atomic mass is 10.2. The Hall–Kier alpha value is -1.72. The molecular weight excluding hydrogens is 174 g/mol. The molecule has 1 heterocycles. The van der Waals surface area contributed by atoms with E-state index >= 15 is 0 Å². The van der Waals surface area contributed by atoms with Crippen LogP contribution in [0.2, 0.25) is 0 Å². The summed E-state index contributed by atoms with van der Waals surface area (Å²) in [4.78, 5) is 0. The van der Waals surface area contributed by atoms with Gasteiger partial charge in [-0.1, -0.05) is 24.0 Å². The van der Waals surface area contributed by atoms with Crippen molar-refractivity contribution in [3.63, 3.8) is 0 Å². The number of fused-ring (bicyclic) bond motifs is 1. The standard InChI is InChI=1S/C12H11NO/c1-13-8-4-5-10-9-14-12-7-3-2-6-11(10)12/h2-3,6-7,9,13H,8H2,1H3. The van der Waals surface area contributed by atoms with Crippen LogP contribution in [0, 0.1) is 11.8 Å². The molecular formula is C12H11NO. The van der Waals surface area contributed by atoms with E-state index in [0.717, 1.165) is 16.5 Å². The van der Waals surface area contributed by atoms with Crippen molar-refractivity contribution >= 4 is 11.0 Å². The van der Waals surface area contributed by atoms with Crippen LogP contribution < -0.4 is 5.32 Å². The average Bonchev–Trinajstić information content (AvgIpc) is 2.63. The lowest BCUT2D eigenvalue weighted by Crippen LogP contribution is -2.04. The van der Waals surface area contributed by atoms with Gasteiger partial charge >= 0.3 is 0 Å². The fourth-order valence-electron chi connectivity index (χ4n) is 1.30. The molecule has 1 N–H and O–H groups in total. The molecule has 1 aromatic carbocycles. The minimum absolute atomic E-state index is 0.694. The van der Waals surface area contributed by atoms with Crippen LogP contribution in [0.15, 0.2) is 34.9 Å². The molecule has 2 rings (SSSR count). The first-order valence-corrected chi connectivity index (χ1v) is 4.51. The zero-order valence-electron chi connectivity index (χ0n) is 8.00. The largest absolute Gasteiger partial charge is 0.463 e.